The Morgan fingerprint density at radius 1 is 0.737 bits per heavy atom. The van der Waals surface area contributed by atoms with Gasteiger partial charge >= 0.3 is 12.4 Å². The summed E-state index contributed by atoms with van der Waals surface area (Å²) in [5.41, 5.74) is -5.27. The molecule has 2 heterocycles. The fraction of sp³-hybridized carbons (Fsp3) is 0.273. The van der Waals surface area contributed by atoms with E-state index in [1.807, 2.05) is 0 Å². The van der Waals surface area contributed by atoms with Gasteiger partial charge in [0, 0.05) is 20.9 Å². The summed E-state index contributed by atoms with van der Waals surface area (Å²) in [7, 11) is 0. The summed E-state index contributed by atoms with van der Waals surface area (Å²) in [6, 6.07) is 1.85. The molecule has 2 aromatic rings. The second kappa shape index (κ2) is 3.54. The smallest absolute Gasteiger partial charge is 0.169 e. The Hall–Kier alpha value is -1.02. The largest absolute Gasteiger partial charge is 0.411 e. The molecule has 0 fully saturated rings. The highest BCUT2D eigenvalue weighted by atomic mass is 32.1. The number of thiophene rings is 2. The van der Waals surface area contributed by atoms with E-state index in [0.717, 1.165) is 34.8 Å². The Balaban J connectivity index is 2.46. The van der Waals surface area contributed by atoms with Gasteiger partial charge in [0.05, 0.1) is 0 Å². The lowest BCUT2D eigenvalue weighted by atomic mass is 9.78. The van der Waals surface area contributed by atoms with Crippen molar-refractivity contribution in [2.45, 2.75) is 17.8 Å². The fourth-order valence-corrected chi connectivity index (χ4v) is 4.58. The molecule has 8 heteroatoms. The Morgan fingerprint density at radius 3 is 1.42 bits per heavy atom. The third-order valence-electron chi connectivity index (χ3n) is 3.20. The van der Waals surface area contributed by atoms with E-state index < -0.39 is 28.9 Å². The molecule has 0 nitrogen and oxygen atoms in total. The van der Waals surface area contributed by atoms with E-state index in [4.69, 9.17) is 0 Å². The number of hydrogen-bond acceptors (Lipinski definition) is 2. The van der Waals surface area contributed by atoms with Gasteiger partial charge in [0.1, 0.15) is 0 Å². The molecule has 0 aliphatic heterocycles. The standard InChI is InChI=1S/C11H4F6S2/c12-10(13,14)9(11(15,16)17)5-1-3-18-7(5)8-6(9)2-4-19-8/h1-4H. The molecule has 0 saturated heterocycles. The summed E-state index contributed by atoms with van der Waals surface area (Å²) in [6.45, 7) is 0. The van der Waals surface area contributed by atoms with Crippen molar-refractivity contribution in [3.8, 4) is 9.75 Å². The normalized spacial score (nSPS) is 17.4. The first-order chi connectivity index (χ1) is 8.71. The van der Waals surface area contributed by atoms with Crippen molar-refractivity contribution in [1.82, 2.24) is 0 Å². The van der Waals surface area contributed by atoms with Crippen LogP contribution in [0.3, 0.4) is 0 Å². The zero-order valence-corrected chi connectivity index (χ0v) is 10.5. The van der Waals surface area contributed by atoms with E-state index in [0.29, 0.717) is 0 Å². The van der Waals surface area contributed by atoms with Crippen LogP contribution in [0.15, 0.2) is 22.9 Å². The number of hydrogen-bond donors (Lipinski definition) is 0. The maximum atomic E-state index is 13.3. The average molecular weight is 314 g/mol. The molecule has 0 atom stereocenters. The molecule has 0 spiro atoms. The molecule has 0 aromatic carbocycles. The van der Waals surface area contributed by atoms with E-state index in [-0.39, 0.29) is 9.75 Å². The molecule has 0 amide bonds. The third kappa shape index (κ3) is 1.36. The maximum absolute atomic E-state index is 13.3. The average Bonchev–Trinajstić information content (AvgIpc) is 2.80. The number of halogens is 6. The van der Waals surface area contributed by atoms with Crippen molar-refractivity contribution in [2.24, 2.45) is 0 Å². The van der Waals surface area contributed by atoms with Gasteiger partial charge in [-0.25, -0.2) is 0 Å². The van der Waals surface area contributed by atoms with Crippen LogP contribution in [0.25, 0.3) is 9.75 Å². The molecule has 0 saturated carbocycles. The molecule has 102 valence electrons. The van der Waals surface area contributed by atoms with Crippen molar-refractivity contribution in [2.75, 3.05) is 0 Å². The van der Waals surface area contributed by atoms with Crippen LogP contribution in [-0.2, 0) is 5.41 Å². The molecule has 0 radical (unpaired) electrons. The zero-order chi connectivity index (χ0) is 14.1. The molecular formula is C11H4F6S2. The monoisotopic (exact) mass is 314 g/mol. The van der Waals surface area contributed by atoms with Gasteiger partial charge in [0.15, 0.2) is 0 Å². The van der Waals surface area contributed by atoms with Crippen LogP contribution in [0.1, 0.15) is 11.1 Å². The van der Waals surface area contributed by atoms with Crippen molar-refractivity contribution in [1.29, 1.82) is 0 Å². The molecule has 0 bridgehead atoms. The SMILES string of the molecule is FC(F)(F)C1(C(F)(F)F)c2ccsc2-c2sccc21. The van der Waals surface area contributed by atoms with Gasteiger partial charge in [0.25, 0.3) is 0 Å². The minimum Gasteiger partial charge on any atom is -0.169 e. The highest BCUT2D eigenvalue weighted by Gasteiger charge is 2.76. The van der Waals surface area contributed by atoms with Crippen LogP contribution in [0.5, 0.6) is 0 Å². The van der Waals surface area contributed by atoms with Crippen LogP contribution in [-0.4, -0.2) is 12.4 Å². The molecule has 0 N–H and O–H groups in total. The van der Waals surface area contributed by atoms with Gasteiger partial charge in [-0.1, -0.05) is 0 Å². The summed E-state index contributed by atoms with van der Waals surface area (Å²) in [5.74, 6) is 0. The highest BCUT2D eigenvalue weighted by molar-refractivity contribution is 7.21. The first-order valence-electron chi connectivity index (χ1n) is 5.01. The third-order valence-corrected chi connectivity index (χ3v) is 5.19. The minimum atomic E-state index is -5.42. The molecular weight excluding hydrogens is 310 g/mol. The highest BCUT2D eigenvalue weighted by Crippen LogP contribution is 2.65. The molecule has 19 heavy (non-hydrogen) atoms. The van der Waals surface area contributed by atoms with Crippen LogP contribution >= 0.6 is 22.7 Å². The van der Waals surface area contributed by atoms with Gasteiger partial charge in [-0.15, -0.1) is 22.7 Å². The van der Waals surface area contributed by atoms with Gasteiger partial charge in [-0.3, -0.25) is 0 Å². The molecule has 1 aliphatic rings. The van der Waals surface area contributed by atoms with Crippen molar-refractivity contribution < 1.29 is 26.3 Å². The minimum absolute atomic E-state index is 0.0691. The van der Waals surface area contributed by atoms with Crippen molar-refractivity contribution >= 4 is 22.7 Å². The lowest BCUT2D eigenvalue weighted by Crippen LogP contribution is -2.53. The van der Waals surface area contributed by atoms with Crippen molar-refractivity contribution in [3.05, 3.63) is 34.0 Å². The summed E-state index contributed by atoms with van der Waals surface area (Å²) >= 11 is 1.81. The molecule has 1 aliphatic carbocycles. The van der Waals surface area contributed by atoms with E-state index in [1.54, 1.807) is 0 Å². The quantitative estimate of drug-likeness (QED) is 0.586. The Labute approximate surface area is 111 Å². The fourth-order valence-electron chi connectivity index (χ4n) is 2.48. The van der Waals surface area contributed by atoms with Crippen LogP contribution in [0.4, 0.5) is 26.3 Å². The maximum Gasteiger partial charge on any atom is 0.411 e. The summed E-state index contributed by atoms with van der Waals surface area (Å²) in [5, 5.41) is 2.53. The van der Waals surface area contributed by atoms with E-state index in [9.17, 15) is 26.3 Å². The second-order valence-electron chi connectivity index (χ2n) is 4.07. The van der Waals surface area contributed by atoms with Crippen LogP contribution in [0.2, 0.25) is 0 Å². The zero-order valence-electron chi connectivity index (χ0n) is 8.89. The summed E-state index contributed by atoms with van der Waals surface area (Å²) in [4.78, 5) is 0.138. The van der Waals surface area contributed by atoms with E-state index in [2.05, 4.69) is 0 Å². The lowest BCUT2D eigenvalue weighted by molar-refractivity contribution is -0.287. The van der Waals surface area contributed by atoms with Crippen molar-refractivity contribution in [3.63, 3.8) is 0 Å². The topological polar surface area (TPSA) is 0 Å². The number of rotatable bonds is 0. The van der Waals surface area contributed by atoms with Gasteiger partial charge in [0.2, 0.25) is 5.41 Å². The van der Waals surface area contributed by atoms with Gasteiger partial charge < -0.3 is 0 Å². The number of fused-ring (bicyclic) bond motifs is 3. The predicted molar refractivity (Wildman–Crippen MR) is 60.5 cm³/mol. The van der Waals surface area contributed by atoms with Gasteiger partial charge in [-0.2, -0.15) is 26.3 Å². The second-order valence-corrected chi connectivity index (χ2v) is 5.90. The first kappa shape index (κ1) is 13.0. The van der Waals surface area contributed by atoms with E-state index in [1.165, 1.54) is 10.8 Å². The van der Waals surface area contributed by atoms with Gasteiger partial charge in [-0.05, 0) is 22.9 Å². The summed E-state index contributed by atoms with van der Waals surface area (Å²) < 4.78 is 79.9. The Morgan fingerprint density at radius 2 is 1.11 bits per heavy atom. The molecule has 0 unspecified atom stereocenters. The Bertz CT molecular complexity index is 574. The first-order valence-corrected chi connectivity index (χ1v) is 6.77. The van der Waals surface area contributed by atoms with Crippen LogP contribution in [0, 0.1) is 0 Å². The Kier molecular flexibility index (Phi) is 2.42. The molecule has 3 rings (SSSR count). The summed E-state index contributed by atoms with van der Waals surface area (Å²) in [6.07, 6.45) is -10.8. The lowest BCUT2D eigenvalue weighted by Gasteiger charge is -2.34. The number of alkyl halides is 6. The molecule has 2 aromatic heterocycles. The van der Waals surface area contributed by atoms with E-state index >= 15 is 0 Å². The van der Waals surface area contributed by atoms with Crippen LogP contribution < -0.4 is 0 Å². The predicted octanol–water partition coefficient (Wildman–Crippen LogP) is 5.20.